The van der Waals surface area contributed by atoms with Gasteiger partial charge < -0.3 is 9.64 Å². The summed E-state index contributed by atoms with van der Waals surface area (Å²) in [5.74, 6) is 1.22. The fourth-order valence-corrected chi connectivity index (χ4v) is 9.67. The summed E-state index contributed by atoms with van der Waals surface area (Å²) in [5.41, 5.74) is 4.93. The third-order valence-corrected chi connectivity index (χ3v) is 11.4. The molecule has 6 atom stereocenters. The van der Waals surface area contributed by atoms with Crippen LogP contribution in [-0.2, 0) is 4.74 Å². The Labute approximate surface area is 209 Å². The van der Waals surface area contributed by atoms with Crippen molar-refractivity contribution in [2.75, 3.05) is 13.1 Å². The first-order chi connectivity index (χ1) is 17.1. The van der Waals surface area contributed by atoms with E-state index in [-0.39, 0.29) is 16.6 Å². The monoisotopic (exact) mass is 466 g/mol. The maximum absolute atomic E-state index is 7.53. The SMILES string of the molecule is C[C@]12CC=C3C=C4CC[C@H](N5CCCC5)C[C@]45CCC3(O5)[C@@H]1CC[C@@H]2c1ccc2ccncc2c1. The molecule has 182 valence electrons. The van der Waals surface area contributed by atoms with Gasteiger partial charge in [0.2, 0.25) is 0 Å². The van der Waals surface area contributed by atoms with Crippen molar-refractivity contribution in [1.29, 1.82) is 0 Å². The Morgan fingerprint density at radius 1 is 1.03 bits per heavy atom. The topological polar surface area (TPSA) is 25.4 Å². The Kier molecular flexibility index (Phi) is 4.41. The van der Waals surface area contributed by atoms with Crippen LogP contribution in [0.1, 0.15) is 82.6 Å². The number of rotatable bonds is 2. The molecule has 3 aliphatic heterocycles. The van der Waals surface area contributed by atoms with Crippen molar-refractivity contribution in [3.63, 3.8) is 0 Å². The van der Waals surface area contributed by atoms with Gasteiger partial charge in [-0.05, 0) is 129 Å². The lowest BCUT2D eigenvalue weighted by atomic mass is 9.58. The van der Waals surface area contributed by atoms with Crippen LogP contribution in [0.4, 0.5) is 0 Å². The van der Waals surface area contributed by atoms with Gasteiger partial charge in [-0.25, -0.2) is 0 Å². The summed E-state index contributed by atoms with van der Waals surface area (Å²) >= 11 is 0. The Hall–Kier alpha value is -1.97. The number of aromatic nitrogens is 1. The Balaban J connectivity index is 1.15. The lowest BCUT2D eigenvalue weighted by molar-refractivity contribution is -0.140. The number of nitrogens with zero attached hydrogens (tertiary/aromatic N) is 2. The number of hydrogen-bond acceptors (Lipinski definition) is 3. The molecule has 8 rings (SSSR count). The van der Waals surface area contributed by atoms with Crippen LogP contribution in [0.15, 0.2) is 60.0 Å². The Bertz CT molecular complexity index is 1260. The summed E-state index contributed by atoms with van der Waals surface area (Å²) in [4.78, 5) is 7.18. The van der Waals surface area contributed by atoms with E-state index in [0.717, 1.165) is 6.04 Å². The second kappa shape index (κ2) is 7.29. The van der Waals surface area contributed by atoms with Crippen molar-refractivity contribution < 1.29 is 4.74 Å². The van der Waals surface area contributed by atoms with Crippen LogP contribution in [0.2, 0.25) is 0 Å². The lowest BCUT2D eigenvalue weighted by Crippen LogP contribution is -2.55. The van der Waals surface area contributed by atoms with Crippen molar-refractivity contribution in [1.82, 2.24) is 9.88 Å². The predicted molar refractivity (Wildman–Crippen MR) is 140 cm³/mol. The first-order valence-corrected chi connectivity index (χ1v) is 14.3. The molecule has 1 aromatic heterocycles. The van der Waals surface area contributed by atoms with E-state index in [1.807, 2.05) is 12.4 Å². The molecule has 0 radical (unpaired) electrons. The number of fused-ring (bicyclic) bond motifs is 2. The van der Waals surface area contributed by atoms with Crippen LogP contribution in [0, 0.1) is 11.3 Å². The van der Waals surface area contributed by atoms with E-state index in [1.54, 1.807) is 11.1 Å². The molecule has 3 heteroatoms. The van der Waals surface area contributed by atoms with Crippen molar-refractivity contribution >= 4 is 10.8 Å². The molecule has 2 saturated heterocycles. The van der Waals surface area contributed by atoms with Gasteiger partial charge >= 0.3 is 0 Å². The van der Waals surface area contributed by atoms with Crippen LogP contribution in [-0.4, -0.2) is 40.2 Å². The van der Waals surface area contributed by atoms with Gasteiger partial charge in [0, 0.05) is 23.8 Å². The van der Waals surface area contributed by atoms with E-state index in [4.69, 9.17) is 4.74 Å². The second-order valence-corrected chi connectivity index (χ2v) is 12.8. The number of allylic oxidation sites excluding steroid dienone is 1. The largest absolute Gasteiger partial charge is 0.359 e. The molecule has 1 unspecified atom stereocenters. The summed E-state index contributed by atoms with van der Waals surface area (Å²) in [6.45, 7) is 5.20. The summed E-state index contributed by atoms with van der Waals surface area (Å²) in [7, 11) is 0. The summed E-state index contributed by atoms with van der Waals surface area (Å²) in [5, 5.41) is 2.57. The van der Waals surface area contributed by atoms with Crippen LogP contribution in [0.3, 0.4) is 0 Å². The normalized spacial score (nSPS) is 42.4. The highest BCUT2D eigenvalue weighted by molar-refractivity contribution is 5.82. The van der Waals surface area contributed by atoms with Crippen LogP contribution in [0.25, 0.3) is 10.8 Å². The molecule has 3 nitrogen and oxygen atoms in total. The number of likely N-dealkylation sites (tertiary alicyclic amines) is 1. The van der Waals surface area contributed by atoms with Gasteiger partial charge in [-0.3, -0.25) is 4.98 Å². The number of pyridine rings is 1. The van der Waals surface area contributed by atoms with Crippen molar-refractivity contribution in [2.24, 2.45) is 11.3 Å². The molecule has 0 N–H and O–H groups in total. The molecule has 3 aliphatic carbocycles. The minimum absolute atomic E-state index is 0.0216. The van der Waals surface area contributed by atoms with Crippen LogP contribution >= 0.6 is 0 Å². The van der Waals surface area contributed by atoms with E-state index >= 15 is 0 Å². The number of benzene rings is 1. The molecular weight excluding hydrogens is 428 g/mol. The third-order valence-electron chi connectivity index (χ3n) is 11.4. The van der Waals surface area contributed by atoms with Crippen molar-refractivity contribution in [2.45, 2.75) is 94.3 Å². The smallest absolute Gasteiger partial charge is 0.0974 e. The Morgan fingerprint density at radius 3 is 2.86 bits per heavy atom. The minimum Gasteiger partial charge on any atom is -0.359 e. The summed E-state index contributed by atoms with van der Waals surface area (Å²) in [6, 6.07) is 9.99. The second-order valence-electron chi connectivity index (χ2n) is 12.8. The molecule has 6 aliphatic rings. The molecule has 2 saturated carbocycles. The predicted octanol–water partition coefficient (Wildman–Crippen LogP) is 6.94. The van der Waals surface area contributed by atoms with E-state index in [9.17, 15) is 0 Å². The molecule has 35 heavy (non-hydrogen) atoms. The molecule has 2 aromatic rings. The average Bonchev–Trinajstić information content (AvgIpc) is 3.60. The van der Waals surface area contributed by atoms with Gasteiger partial charge in [-0.15, -0.1) is 0 Å². The van der Waals surface area contributed by atoms with Gasteiger partial charge in [-0.1, -0.05) is 31.2 Å². The average molecular weight is 467 g/mol. The summed E-state index contributed by atoms with van der Waals surface area (Å²) in [6.07, 6.45) is 22.0. The fourth-order valence-electron chi connectivity index (χ4n) is 9.67. The highest BCUT2D eigenvalue weighted by Gasteiger charge is 2.66. The highest BCUT2D eigenvalue weighted by atomic mass is 16.5. The maximum atomic E-state index is 7.53. The molecule has 4 fully saturated rings. The molecule has 2 bridgehead atoms. The van der Waals surface area contributed by atoms with Gasteiger partial charge in [0.15, 0.2) is 0 Å². The van der Waals surface area contributed by atoms with Gasteiger partial charge in [-0.2, -0.15) is 0 Å². The molecular formula is C32H38N2O. The molecule has 4 heterocycles. The summed E-state index contributed by atoms with van der Waals surface area (Å²) < 4.78 is 7.53. The fraction of sp³-hybridized carbons (Fsp3) is 0.594. The van der Waals surface area contributed by atoms with E-state index in [0.29, 0.717) is 11.8 Å². The third kappa shape index (κ3) is 2.83. The van der Waals surface area contributed by atoms with Crippen LogP contribution in [0.5, 0.6) is 0 Å². The standard InChI is InChI=1S/C32H38N2O/c1-30-12-10-26-19-25-6-7-27(34-16-2-3-17-34)20-31(25)13-14-32(26,35-31)29(30)9-8-28(30)23-5-4-22-11-15-33-21-24(22)18-23/h4-5,10-11,15,18-19,21,27-29H,2-3,6-9,12-14,16-17,20H2,1H3/t27-,28+,29+,30+,31+,32?/m0/s1. The number of ether oxygens (including phenoxy) is 1. The lowest BCUT2D eigenvalue weighted by Gasteiger charge is -2.55. The van der Waals surface area contributed by atoms with Gasteiger partial charge in [0.1, 0.15) is 0 Å². The van der Waals surface area contributed by atoms with Crippen LogP contribution < -0.4 is 0 Å². The number of hydrogen-bond donors (Lipinski definition) is 0. The van der Waals surface area contributed by atoms with E-state index in [2.05, 4.69) is 53.2 Å². The zero-order valence-electron chi connectivity index (χ0n) is 21.1. The van der Waals surface area contributed by atoms with Crippen molar-refractivity contribution in [3.05, 3.63) is 65.5 Å². The minimum atomic E-state index is -0.0451. The van der Waals surface area contributed by atoms with Crippen molar-refractivity contribution in [3.8, 4) is 0 Å². The van der Waals surface area contributed by atoms with E-state index in [1.165, 1.54) is 93.6 Å². The Morgan fingerprint density at radius 2 is 1.94 bits per heavy atom. The quantitative estimate of drug-likeness (QED) is 0.479. The highest BCUT2D eigenvalue weighted by Crippen LogP contribution is 2.69. The molecule has 0 amide bonds. The van der Waals surface area contributed by atoms with Gasteiger partial charge in [0.05, 0.1) is 11.2 Å². The zero-order valence-corrected chi connectivity index (χ0v) is 21.1. The molecule has 1 aromatic carbocycles. The van der Waals surface area contributed by atoms with Gasteiger partial charge in [0.25, 0.3) is 0 Å². The molecule has 2 spiro atoms. The maximum Gasteiger partial charge on any atom is 0.0974 e. The first kappa shape index (κ1) is 21.1. The van der Waals surface area contributed by atoms with E-state index < -0.39 is 0 Å². The first-order valence-electron chi connectivity index (χ1n) is 14.3. The zero-order chi connectivity index (χ0) is 23.3.